The number of likely N-dealkylation sites (tertiary alicyclic amines) is 2. The summed E-state index contributed by atoms with van der Waals surface area (Å²) in [6.45, 7) is 4.47. The van der Waals surface area contributed by atoms with Gasteiger partial charge in [-0.15, -0.1) is 0 Å². The van der Waals surface area contributed by atoms with E-state index in [0.29, 0.717) is 18.4 Å². The zero-order valence-electron chi connectivity index (χ0n) is 15.8. The quantitative estimate of drug-likeness (QED) is 0.834. The van der Waals surface area contributed by atoms with Gasteiger partial charge in [-0.2, -0.15) is 0 Å². The van der Waals surface area contributed by atoms with Gasteiger partial charge >= 0.3 is 0 Å². The van der Waals surface area contributed by atoms with E-state index in [1.807, 2.05) is 22.6 Å². The minimum Gasteiger partial charge on any atom is -0.341 e. The molecule has 3 aliphatic rings. The normalized spacial score (nSPS) is 25.0. The largest absolute Gasteiger partial charge is 0.341 e. The van der Waals surface area contributed by atoms with Crippen molar-refractivity contribution in [2.24, 2.45) is 5.41 Å². The molecule has 3 heterocycles. The van der Waals surface area contributed by atoms with Gasteiger partial charge in [-0.3, -0.25) is 9.59 Å². The fourth-order valence-electron chi connectivity index (χ4n) is 5.09. The van der Waals surface area contributed by atoms with E-state index in [0.717, 1.165) is 38.9 Å². The van der Waals surface area contributed by atoms with Crippen molar-refractivity contribution >= 4 is 11.8 Å². The third kappa shape index (κ3) is 3.26. The Morgan fingerprint density at radius 3 is 2.62 bits per heavy atom. The highest BCUT2D eigenvalue weighted by molar-refractivity contribution is 5.80. The zero-order chi connectivity index (χ0) is 18.1. The lowest BCUT2D eigenvalue weighted by atomic mass is 9.72. The average molecular weight is 358 g/mol. The molecular weight excluding hydrogens is 328 g/mol. The highest BCUT2D eigenvalue weighted by Crippen LogP contribution is 2.42. The third-order valence-corrected chi connectivity index (χ3v) is 6.93. The van der Waals surface area contributed by atoms with Crippen LogP contribution in [0.3, 0.4) is 0 Å². The second-order valence-corrected chi connectivity index (χ2v) is 8.47. The van der Waals surface area contributed by atoms with Crippen molar-refractivity contribution in [2.75, 3.05) is 19.6 Å². The molecule has 0 bridgehead atoms. The Labute approximate surface area is 155 Å². The van der Waals surface area contributed by atoms with Gasteiger partial charge in [-0.05, 0) is 44.4 Å². The van der Waals surface area contributed by atoms with Gasteiger partial charge in [-0.25, -0.2) is 4.98 Å². The van der Waals surface area contributed by atoms with Crippen LogP contribution in [-0.4, -0.2) is 56.8 Å². The van der Waals surface area contributed by atoms with Gasteiger partial charge in [0.2, 0.25) is 11.8 Å². The molecule has 26 heavy (non-hydrogen) atoms. The Balaban J connectivity index is 1.38. The number of rotatable bonds is 3. The van der Waals surface area contributed by atoms with E-state index in [4.69, 9.17) is 0 Å². The van der Waals surface area contributed by atoms with Crippen LogP contribution in [0.2, 0.25) is 0 Å². The average Bonchev–Trinajstić information content (AvgIpc) is 3.37. The van der Waals surface area contributed by atoms with Gasteiger partial charge in [0.1, 0.15) is 6.04 Å². The van der Waals surface area contributed by atoms with Crippen molar-refractivity contribution < 1.29 is 9.59 Å². The number of nitrogens with zero attached hydrogens (tertiary/aromatic N) is 4. The summed E-state index contributed by atoms with van der Waals surface area (Å²) in [6.07, 6.45) is 13.9. The van der Waals surface area contributed by atoms with Crippen LogP contribution >= 0.6 is 0 Å². The van der Waals surface area contributed by atoms with E-state index in [1.165, 1.54) is 25.7 Å². The lowest BCUT2D eigenvalue weighted by Crippen LogP contribution is -2.55. The van der Waals surface area contributed by atoms with Crippen LogP contribution in [0.15, 0.2) is 18.7 Å². The number of hydrogen-bond acceptors (Lipinski definition) is 3. The molecule has 6 nitrogen and oxygen atoms in total. The topological polar surface area (TPSA) is 58.4 Å². The molecule has 2 amide bonds. The minimum absolute atomic E-state index is 0.178. The molecule has 1 aliphatic carbocycles. The van der Waals surface area contributed by atoms with Gasteiger partial charge in [0.25, 0.3) is 0 Å². The molecule has 1 atom stereocenters. The molecular formula is C20H30N4O2. The Bertz CT molecular complexity index is 643. The van der Waals surface area contributed by atoms with Crippen LogP contribution < -0.4 is 0 Å². The number of aromatic nitrogens is 2. The summed E-state index contributed by atoms with van der Waals surface area (Å²) in [4.78, 5) is 33.5. The second-order valence-electron chi connectivity index (χ2n) is 8.47. The van der Waals surface area contributed by atoms with E-state index in [-0.39, 0.29) is 17.4 Å². The molecule has 0 radical (unpaired) electrons. The van der Waals surface area contributed by atoms with E-state index >= 15 is 0 Å². The molecule has 1 saturated carbocycles. The summed E-state index contributed by atoms with van der Waals surface area (Å²) >= 11 is 0. The van der Waals surface area contributed by atoms with Gasteiger partial charge < -0.3 is 14.4 Å². The van der Waals surface area contributed by atoms with Gasteiger partial charge in [-0.1, -0.05) is 12.8 Å². The van der Waals surface area contributed by atoms with Crippen LogP contribution in [0.4, 0.5) is 0 Å². The minimum atomic E-state index is -0.200. The first kappa shape index (κ1) is 17.6. The monoisotopic (exact) mass is 358 g/mol. The second kappa shape index (κ2) is 7.05. The predicted molar refractivity (Wildman–Crippen MR) is 98.4 cm³/mol. The van der Waals surface area contributed by atoms with E-state index in [1.54, 1.807) is 12.5 Å². The van der Waals surface area contributed by atoms with Crippen molar-refractivity contribution in [3.63, 3.8) is 0 Å². The van der Waals surface area contributed by atoms with Crippen LogP contribution in [0.1, 0.15) is 64.3 Å². The van der Waals surface area contributed by atoms with Gasteiger partial charge in [0, 0.05) is 44.5 Å². The molecule has 1 aromatic heterocycles. The maximum absolute atomic E-state index is 12.8. The highest BCUT2D eigenvalue weighted by atomic mass is 16.2. The van der Waals surface area contributed by atoms with E-state index in [9.17, 15) is 9.59 Å². The van der Waals surface area contributed by atoms with Gasteiger partial charge in [0.05, 0.1) is 6.33 Å². The van der Waals surface area contributed by atoms with Crippen LogP contribution in [0.25, 0.3) is 0 Å². The van der Waals surface area contributed by atoms with Crippen molar-refractivity contribution in [3.05, 3.63) is 18.7 Å². The first-order valence-electron chi connectivity index (χ1n) is 10.1. The van der Waals surface area contributed by atoms with Crippen molar-refractivity contribution in [1.29, 1.82) is 0 Å². The lowest BCUT2D eigenvalue weighted by Gasteiger charge is -2.49. The summed E-state index contributed by atoms with van der Waals surface area (Å²) in [5.41, 5.74) is 0.228. The fraction of sp³-hybridized carbons (Fsp3) is 0.750. The molecule has 1 spiro atoms. The summed E-state index contributed by atoms with van der Waals surface area (Å²) in [5.74, 6) is 0.534. The van der Waals surface area contributed by atoms with Gasteiger partial charge in [0.15, 0.2) is 0 Å². The number of hydrogen-bond donors (Lipinski definition) is 0. The van der Waals surface area contributed by atoms with Crippen LogP contribution in [0.5, 0.6) is 0 Å². The molecule has 0 aromatic carbocycles. The third-order valence-electron chi connectivity index (χ3n) is 6.93. The molecule has 142 valence electrons. The standard InChI is InChI=1S/C20H30N4O2/c1-16(23-13-10-21-15-23)19(26)22-11-8-20(9-12-22)7-6-18(25)24(14-20)17-4-2-3-5-17/h10,13,15-17H,2-9,11-12,14H2,1H3. The zero-order valence-corrected chi connectivity index (χ0v) is 15.8. The van der Waals surface area contributed by atoms with E-state index < -0.39 is 0 Å². The Morgan fingerprint density at radius 2 is 1.96 bits per heavy atom. The number of amides is 2. The smallest absolute Gasteiger partial charge is 0.245 e. The fourth-order valence-corrected chi connectivity index (χ4v) is 5.09. The number of imidazole rings is 1. The molecule has 1 unspecified atom stereocenters. The Hall–Kier alpha value is -1.85. The summed E-state index contributed by atoms with van der Waals surface area (Å²) in [5, 5.41) is 0. The first-order valence-corrected chi connectivity index (χ1v) is 10.1. The molecule has 1 aromatic rings. The summed E-state index contributed by atoms with van der Waals surface area (Å²) < 4.78 is 1.87. The SMILES string of the molecule is CC(C(=O)N1CCC2(CCC(=O)N(C3CCCC3)C2)CC1)n1ccnc1. The van der Waals surface area contributed by atoms with Crippen molar-refractivity contribution in [1.82, 2.24) is 19.4 Å². The Kier molecular flexibility index (Phi) is 4.76. The first-order chi connectivity index (χ1) is 12.6. The molecule has 6 heteroatoms. The lowest BCUT2D eigenvalue weighted by molar-refractivity contribution is -0.145. The number of piperidine rings is 2. The molecule has 0 N–H and O–H groups in total. The summed E-state index contributed by atoms with van der Waals surface area (Å²) in [7, 11) is 0. The van der Waals surface area contributed by atoms with E-state index in [2.05, 4.69) is 9.88 Å². The molecule has 2 aliphatic heterocycles. The molecule has 3 fully saturated rings. The number of carbonyl (C=O) groups excluding carboxylic acids is 2. The molecule has 4 rings (SSSR count). The van der Waals surface area contributed by atoms with Crippen LogP contribution in [-0.2, 0) is 9.59 Å². The predicted octanol–water partition coefficient (Wildman–Crippen LogP) is 2.62. The number of carbonyl (C=O) groups is 2. The van der Waals surface area contributed by atoms with Crippen LogP contribution in [0, 0.1) is 5.41 Å². The summed E-state index contributed by atoms with van der Waals surface area (Å²) in [6, 6.07) is 0.273. The Morgan fingerprint density at radius 1 is 1.23 bits per heavy atom. The van der Waals surface area contributed by atoms with Crippen molar-refractivity contribution in [3.8, 4) is 0 Å². The molecule has 2 saturated heterocycles. The maximum Gasteiger partial charge on any atom is 0.245 e. The van der Waals surface area contributed by atoms with Crippen molar-refractivity contribution in [2.45, 2.75) is 70.4 Å². The maximum atomic E-state index is 12.8. The highest BCUT2D eigenvalue weighted by Gasteiger charge is 2.44.